The fraction of sp³-hybridized carbons (Fsp3) is 0.250. The number of hydrogen-bond donors (Lipinski definition) is 0. The summed E-state index contributed by atoms with van der Waals surface area (Å²) in [6, 6.07) is 17.3. The van der Waals surface area contributed by atoms with Crippen molar-refractivity contribution in [1.82, 2.24) is 0 Å². The summed E-state index contributed by atoms with van der Waals surface area (Å²) < 4.78 is 0. The normalized spacial score (nSPS) is 10.9. The maximum atomic E-state index is 6.59. The molecule has 2 heteroatoms. The van der Waals surface area contributed by atoms with E-state index in [9.17, 15) is 0 Å². The van der Waals surface area contributed by atoms with Crippen LogP contribution in [0.25, 0.3) is 0 Å². The van der Waals surface area contributed by atoms with Gasteiger partial charge in [0.15, 0.2) is 0 Å². The molecule has 0 unspecified atom stereocenters. The first-order chi connectivity index (χ1) is 8.74. The van der Waals surface area contributed by atoms with Crippen molar-refractivity contribution < 1.29 is 0 Å². The second kappa shape index (κ2) is 6.36. The molecule has 0 aliphatic rings. The summed E-state index contributed by atoms with van der Waals surface area (Å²) in [4.78, 5) is 0. The van der Waals surface area contributed by atoms with Crippen molar-refractivity contribution in [2.45, 2.75) is 26.7 Å². The first-order valence-electron chi connectivity index (χ1n) is 6.38. The molecule has 2 aromatic rings. The van der Waals surface area contributed by atoms with E-state index in [4.69, 9.17) is 11.2 Å². The highest BCUT2D eigenvalue weighted by atomic mass is 35.7. The highest BCUT2D eigenvalue weighted by Gasteiger charge is 2.10. The van der Waals surface area contributed by atoms with Gasteiger partial charge in [0.25, 0.3) is 0 Å². The molecule has 0 atom stereocenters. The van der Waals surface area contributed by atoms with Crippen molar-refractivity contribution in [3.05, 3.63) is 59.7 Å². The topological polar surface area (TPSA) is 0 Å². The minimum atomic E-state index is -0.733. The van der Waals surface area contributed by atoms with Gasteiger partial charge in [0.05, 0.1) is 7.27 Å². The molecular weight excluding hydrogens is 259 g/mol. The largest absolute Gasteiger partial charge is 0.0859 e. The molecule has 0 saturated heterocycles. The molecular formula is C16H18ClP. The third kappa shape index (κ3) is 3.13. The zero-order chi connectivity index (χ0) is 13.0. The predicted octanol–water partition coefficient (Wildman–Crippen LogP) is 4.40. The van der Waals surface area contributed by atoms with Crippen LogP contribution < -0.4 is 10.6 Å². The third-order valence-corrected chi connectivity index (χ3v) is 5.82. The highest BCUT2D eigenvalue weighted by molar-refractivity contribution is 7.95. The average Bonchev–Trinajstić information content (AvgIpc) is 2.47. The fourth-order valence-electron chi connectivity index (χ4n) is 1.87. The predicted molar refractivity (Wildman–Crippen MR) is 83.7 cm³/mol. The summed E-state index contributed by atoms with van der Waals surface area (Å²) >= 11 is 6.59. The third-order valence-electron chi connectivity index (χ3n) is 3.14. The van der Waals surface area contributed by atoms with E-state index in [-0.39, 0.29) is 0 Å². The van der Waals surface area contributed by atoms with Gasteiger partial charge < -0.3 is 0 Å². The van der Waals surface area contributed by atoms with Gasteiger partial charge in [0.2, 0.25) is 0 Å². The van der Waals surface area contributed by atoms with Crippen LogP contribution in [-0.4, -0.2) is 0 Å². The van der Waals surface area contributed by atoms with Gasteiger partial charge in [-0.25, -0.2) is 0 Å². The Balaban J connectivity index is 2.20. The van der Waals surface area contributed by atoms with Crippen LogP contribution in [0.4, 0.5) is 0 Å². The summed E-state index contributed by atoms with van der Waals surface area (Å²) in [5, 5.41) is 2.46. The quantitative estimate of drug-likeness (QED) is 0.726. The minimum Gasteiger partial charge on any atom is -0.0859 e. The number of halogens is 1. The molecule has 0 aliphatic carbocycles. The van der Waals surface area contributed by atoms with E-state index in [1.807, 2.05) is 0 Å². The Morgan fingerprint density at radius 3 is 1.33 bits per heavy atom. The summed E-state index contributed by atoms with van der Waals surface area (Å²) in [6.07, 6.45) is 2.15. The van der Waals surface area contributed by atoms with E-state index in [1.54, 1.807) is 0 Å². The maximum Gasteiger partial charge on any atom is 0.0524 e. The standard InChI is InChI=1S/C16H18ClP/c1-3-13-5-9-15(10-6-13)18(17)16-11-7-14(4-2)8-12-16/h5-12H,3-4H2,1-2H3. The summed E-state index contributed by atoms with van der Waals surface area (Å²) in [5.41, 5.74) is 2.72. The van der Waals surface area contributed by atoms with Gasteiger partial charge in [-0.05, 0) is 34.6 Å². The van der Waals surface area contributed by atoms with Crippen LogP contribution in [0.15, 0.2) is 48.5 Å². The Bertz CT molecular complexity index is 440. The SMILES string of the molecule is CCc1ccc(P(Cl)c2ccc(CC)cc2)cc1. The molecule has 18 heavy (non-hydrogen) atoms. The Labute approximate surface area is 116 Å². The van der Waals surface area contributed by atoms with Crippen LogP contribution in [0, 0.1) is 0 Å². The lowest BCUT2D eigenvalue weighted by Gasteiger charge is -2.11. The van der Waals surface area contributed by atoms with Gasteiger partial charge in [-0.2, -0.15) is 0 Å². The van der Waals surface area contributed by atoms with Gasteiger partial charge in [-0.1, -0.05) is 73.6 Å². The second-order valence-corrected chi connectivity index (χ2v) is 6.93. The van der Waals surface area contributed by atoms with Crippen LogP contribution in [0.5, 0.6) is 0 Å². The number of benzene rings is 2. The van der Waals surface area contributed by atoms with E-state index >= 15 is 0 Å². The zero-order valence-corrected chi connectivity index (χ0v) is 12.5. The van der Waals surface area contributed by atoms with Gasteiger partial charge in [0.1, 0.15) is 0 Å². The summed E-state index contributed by atoms with van der Waals surface area (Å²) in [5.74, 6) is 0. The number of hydrogen-bond acceptors (Lipinski definition) is 0. The molecule has 0 amide bonds. The molecule has 0 fully saturated rings. The molecule has 2 rings (SSSR count). The first-order valence-corrected chi connectivity index (χ1v) is 8.63. The van der Waals surface area contributed by atoms with E-state index in [1.165, 1.54) is 21.7 Å². The van der Waals surface area contributed by atoms with Crippen LogP contribution in [0.3, 0.4) is 0 Å². The van der Waals surface area contributed by atoms with Crippen molar-refractivity contribution >= 4 is 29.1 Å². The lowest BCUT2D eigenvalue weighted by atomic mass is 10.2. The molecule has 0 nitrogen and oxygen atoms in total. The molecule has 94 valence electrons. The van der Waals surface area contributed by atoms with Crippen molar-refractivity contribution in [3.8, 4) is 0 Å². The maximum absolute atomic E-state index is 6.59. The Kier molecular flexibility index (Phi) is 4.80. The smallest absolute Gasteiger partial charge is 0.0524 e. The van der Waals surface area contributed by atoms with Gasteiger partial charge >= 0.3 is 0 Å². The summed E-state index contributed by atoms with van der Waals surface area (Å²) in [7, 11) is -0.733. The van der Waals surface area contributed by atoms with Gasteiger partial charge in [0, 0.05) is 0 Å². The summed E-state index contributed by atoms with van der Waals surface area (Å²) in [6.45, 7) is 4.34. The van der Waals surface area contributed by atoms with Crippen LogP contribution in [0.2, 0.25) is 0 Å². The molecule has 0 aromatic heterocycles. The monoisotopic (exact) mass is 276 g/mol. The Hall–Kier alpha value is -0.840. The lowest BCUT2D eigenvalue weighted by Crippen LogP contribution is -2.08. The molecule has 2 aromatic carbocycles. The average molecular weight is 277 g/mol. The molecule has 0 bridgehead atoms. The van der Waals surface area contributed by atoms with E-state index in [0.29, 0.717) is 0 Å². The minimum absolute atomic E-state index is 0.733. The second-order valence-electron chi connectivity index (χ2n) is 4.32. The van der Waals surface area contributed by atoms with Crippen LogP contribution >= 0.6 is 18.5 Å². The molecule has 0 saturated carbocycles. The Morgan fingerprint density at radius 2 is 1.06 bits per heavy atom. The Morgan fingerprint density at radius 1 is 0.722 bits per heavy atom. The van der Waals surface area contributed by atoms with Crippen molar-refractivity contribution in [1.29, 1.82) is 0 Å². The molecule has 0 N–H and O–H groups in total. The number of aryl methyl sites for hydroxylation is 2. The molecule has 0 heterocycles. The molecule has 0 aliphatic heterocycles. The highest BCUT2D eigenvalue weighted by Crippen LogP contribution is 2.38. The van der Waals surface area contributed by atoms with Gasteiger partial charge in [-0.3, -0.25) is 0 Å². The van der Waals surface area contributed by atoms with Crippen molar-refractivity contribution in [2.75, 3.05) is 0 Å². The molecule has 0 radical (unpaired) electrons. The first kappa shape index (κ1) is 13.6. The van der Waals surface area contributed by atoms with E-state index in [2.05, 4.69) is 62.4 Å². The lowest BCUT2D eigenvalue weighted by molar-refractivity contribution is 1.14. The van der Waals surface area contributed by atoms with Crippen molar-refractivity contribution in [2.24, 2.45) is 0 Å². The fourth-order valence-corrected chi connectivity index (χ4v) is 3.67. The number of rotatable bonds is 4. The zero-order valence-electron chi connectivity index (χ0n) is 10.9. The van der Waals surface area contributed by atoms with Crippen LogP contribution in [-0.2, 0) is 12.8 Å². The molecule has 0 spiro atoms. The van der Waals surface area contributed by atoms with E-state index in [0.717, 1.165) is 12.8 Å². The van der Waals surface area contributed by atoms with Crippen molar-refractivity contribution in [3.63, 3.8) is 0 Å². The van der Waals surface area contributed by atoms with Gasteiger partial charge in [-0.15, -0.1) is 0 Å². The van der Waals surface area contributed by atoms with E-state index < -0.39 is 7.27 Å². The van der Waals surface area contributed by atoms with Crippen LogP contribution in [0.1, 0.15) is 25.0 Å².